The largest absolute Gasteiger partial charge is 0.497 e. The van der Waals surface area contributed by atoms with Crippen molar-refractivity contribution in [3.8, 4) is 17.5 Å². The van der Waals surface area contributed by atoms with Gasteiger partial charge in [-0.3, -0.25) is 9.59 Å². The Morgan fingerprint density at radius 3 is 2.40 bits per heavy atom. The number of nitrogens with zero attached hydrogens (tertiary/aromatic N) is 3. The summed E-state index contributed by atoms with van der Waals surface area (Å²) in [6.45, 7) is 0.313. The van der Waals surface area contributed by atoms with Gasteiger partial charge >= 0.3 is 6.01 Å². The fraction of sp³-hybridized carbons (Fsp3) is 0.182. The normalized spacial score (nSPS) is 15.7. The molecule has 152 valence electrons. The van der Waals surface area contributed by atoms with Crippen LogP contribution in [0.3, 0.4) is 0 Å². The molecule has 0 saturated carbocycles. The van der Waals surface area contributed by atoms with E-state index in [2.05, 4.69) is 15.3 Å². The minimum absolute atomic E-state index is 0.0943. The van der Waals surface area contributed by atoms with Crippen LogP contribution in [0.4, 0.5) is 11.4 Å². The number of anilines is 2. The number of hydrogen-bond acceptors (Lipinski definition) is 6. The number of carbonyl (C=O) groups excluding carboxylic acids is 2. The van der Waals surface area contributed by atoms with E-state index in [1.807, 2.05) is 18.2 Å². The topological polar surface area (TPSA) is 93.7 Å². The van der Waals surface area contributed by atoms with Crippen molar-refractivity contribution in [2.75, 3.05) is 23.9 Å². The third-order valence-corrected chi connectivity index (χ3v) is 4.73. The van der Waals surface area contributed by atoms with E-state index in [4.69, 9.17) is 9.47 Å². The number of ether oxygens (including phenoxy) is 2. The molecule has 4 rings (SSSR count). The Hall–Kier alpha value is -3.94. The summed E-state index contributed by atoms with van der Waals surface area (Å²) in [6.07, 6.45) is 3.09. The Labute approximate surface area is 173 Å². The second kappa shape index (κ2) is 8.60. The molecule has 2 heterocycles. The highest BCUT2D eigenvalue weighted by Gasteiger charge is 2.35. The van der Waals surface area contributed by atoms with Crippen molar-refractivity contribution < 1.29 is 19.1 Å². The van der Waals surface area contributed by atoms with Crippen LogP contribution in [0.25, 0.3) is 0 Å². The molecule has 2 aromatic carbocycles. The van der Waals surface area contributed by atoms with Crippen molar-refractivity contribution >= 4 is 23.2 Å². The molecule has 8 nitrogen and oxygen atoms in total. The molecule has 1 saturated heterocycles. The zero-order valence-electron chi connectivity index (χ0n) is 16.3. The Kier molecular flexibility index (Phi) is 5.56. The maximum atomic E-state index is 12.6. The predicted octanol–water partition coefficient (Wildman–Crippen LogP) is 3.27. The Morgan fingerprint density at radius 2 is 1.73 bits per heavy atom. The lowest BCUT2D eigenvalue weighted by molar-refractivity contribution is -0.122. The highest BCUT2D eigenvalue weighted by atomic mass is 16.5. The van der Waals surface area contributed by atoms with Gasteiger partial charge in [-0.2, -0.15) is 0 Å². The quantitative estimate of drug-likeness (QED) is 0.678. The van der Waals surface area contributed by atoms with Gasteiger partial charge in [0.15, 0.2) is 0 Å². The molecule has 2 amide bonds. The third-order valence-electron chi connectivity index (χ3n) is 4.73. The summed E-state index contributed by atoms with van der Waals surface area (Å²) in [5.74, 6) is 0.527. The van der Waals surface area contributed by atoms with E-state index >= 15 is 0 Å². The van der Waals surface area contributed by atoms with Crippen LogP contribution in [-0.2, 0) is 9.59 Å². The zero-order valence-corrected chi connectivity index (χ0v) is 16.3. The summed E-state index contributed by atoms with van der Waals surface area (Å²) in [5, 5.41) is 2.77. The lowest BCUT2D eigenvalue weighted by atomic mass is 10.1. The molecule has 8 heteroatoms. The molecule has 1 fully saturated rings. The van der Waals surface area contributed by atoms with Gasteiger partial charge < -0.3 is 19.7 Å². The first kappa shape index (κ1) is 19.4. The fourth-order valence-corrected chi connectivity index (χ4v) is 3.17. The van der Waals surface area contributed by atoms with Crippen molar-refractivity contribution in [2.45, 2.75) is 6.42 Å². The van der Waals surface area contributed by atoms with Crippen molar-refractivity contribution in [2.24, 2.45) is 5.92 Å². The molecule has 0 radical (unpaired) electrons. The lowest BCUT2D eigenvalue weighted by Crippen LogP contribution is -2.28. The minimum Gasteiger partial charge on any atom is -0.497 e. The Bertz CT molecular complexity index is 1020. The van der Waals surface area contributed by atoms with Crippen molar-refractivity contribution in [1.82, 2.24) is 9.97 Å². The first-order valence-corrected chi connectivity index (χ1v) is 9.42. The van der Waals surface area contributed by atoms with Crippen LogP contribution >= 0.6 is 0 Å². The van der Waals surface area contributed by atoms with E-state index in [0.29, 0.717) is 23.7 Å². The van der Waals surface area contributed by atoms with Gasteiger partial charge in [0.2, 0.25) is 11.8 Å². The molecule has 1 aliphatic heterocycles. The molecule has 1 unspecified atom stereocenters. The van der Waals surface area contributed by atoms with Crippen LogP contribution in [0.1, 0.15) is 6.42 Å². The number of benzene rings is 2. The van der Waals surface area contributed by atoms with Gasteiger partial charge in [-0.25, -0.2) is 9.97 Å². The first-order chi connectivity index (χ1) is 14.6. The van der Waals surface area contributed by atoms with Crippen LogP contribution < -0.4 is 19.7 Å². The van der Waals surface area contributed by atoms with E-state index < -0.39 is 5.92 Å². The highest BCUT2D eigenvalue weighted by molar-refractivity contribution is 6.03. The van der Waals surface area contributed by atoms with Crippen LogP contribution in [0.2, 0.25) is 0 Å². The van der Waals surface area contributed by atoms with Gasteiger partial charge in [0.05, 0.1) is 31.1 Å². The van der Waals surface area contributed by atoms with Crippen LogP contribution in [0, 0.1) is 5.92 Å². The Balaban J connectivity index is 1.36. The molecule has 1 atom stereocenters. The summed E-state index contributed by atoms with van der Waals surface area (Å²) in [5.41, 5.74) is 1.18. The van der Waals surface area contributed by atoms with E-state index in [1.54, 1.807) is 48.4 Å². The summed E-state index contributed by atoms with van der Waals surface area (Å²) in [7, 11) is 1.58. The van der Waals surface area contributed by atoms with Gasteiger partial charge in [0.1, 0.15) is 11.5 Å². The average molecular weight is 404 g/mol. The smallest absolute Gasteiger partial charge is 0.322 e. The van der Waals surface area contributed by atoms with Crippen molar-refractivity contribution in [3.63, 3.8) is 0 Å². The average Bonchev–Trinajstić information content (AvgIpc) is 3.18. The van der Waals surface area contributed by atoms with Crippen molar-refractivity contribution in [1.29, 1.82) is 0 Å². The molecule has 0 spiro atoms. The van der Waals surface area contributed by atoms with Gasteiger partial charge in [0.25, 0.3) is 0 Å². The number of amides is 2. The first-order valence-electron chi connectivity index (χ1n) is 9.42. The zero-order chi connectivity index (χ0) is 20.9. The number of rotatable bonds is 6. The summed E-state index contributed by atoms with van der Waals surface area (Å²) in [4.78, 5) is 34.8. The number of methoxy groups -OCH3 is 1. The SMILES string of the molecule is COc1ccc(N2CC(C(=O)Nc3cnc(Oc4ccccc4)nc3)CC2=O)cc1. The van der Waals surface area contributed by atoms with E-state index in [-0.39, 0.29) is 24.2 Å². The summed E-state index contributed by atoms with van der Waals surface area (Å²) >= 11 is 0. The van der Waals surface area contributed by atoms with E-state index in [1.165, 1.54) is 12.4 Å². The molecule has 1 N–H and O–H groups in total. The van der Waals surface area contributed by atoms with Gasteiger partial charge in [-0.05, 0) is 36.4 Å². The molecule has 0 bridgehead atoms. The number of para-hydroxylation sites is 1. The number of carbonyl (C=O) groups is 2. The lowest BCUT2D eigenvalue weighted by Gasteiger charge is -2.17. The maximum Gasteiger partial charge on any atom is 0.322 e. The number of nitrogens with one attached hydrogen (secondary N) is 1. The molecule has 3 aromatic rings. The molecular weight excluding hydrogens is 384 g/mol. The Morgan fingerprint density at radius 1 is 1.03 bits per heavy atom. The summed E-state index contributed by atoms with van der Waals surface area (Å²) in [6, 6.07) is 16.5. The van der Waals surface area contributed by atoms with Crippen LogP contribution in [-0.4, -0.2) is 35.4 Å². The summed E-state index contributed by atoms with van der Waals surface area (Å²) < 4.78 is 10.7. The van der Waals surface area contributed by atoms with Crippen molar-refractivity contribution in [3.05, 3.63) is 67.0 Å². The highest BCUT2D eigenvalue weighted by Crippen LogP contribution is 2.27. The molecule has 1 aromatic heterocycles. The second-order valence-electron chi connectivity index (χ2n) is 6.76. The van der Waals surface area contributed by atoms with Crippen LogP contribution in [0.5, 0.6) is 17.5 Å². The fourth-order valence-electron chi connectivity index (χ4n) is 3.17. The molecule has 30 heavy (non-hydrogen) atoms. The predicted molar refractivity (Wildman–Crippen MR) is 111 cm³/mol. The maximum absolute atomic E-state index is 12.6. The molecule has 1 aliphatic rings. The van der Waals surface area contributed by atoms with Crippen LogP contribution in [0.15, 0.2) is 67.0 Å². The number of aromatic nitrogens is 2. The minimum atomic E-state index is -0.458. The third kappa shape index (κ3) is 4.38. The second-order valence-corrected chi connectivity index (χ2v) is 6.76. The van der Waals surface area contributed by atoms with E-state index in [9.17, 15) is 9.59 Å². The standard InChI is InChI=1S/C22H20N4O4/c1-29-18-9-7-17(8-10-18)26-14-15(11-20(26)27)21(28)25-16-12-23-22(24-13-16)30-19-5-3-2-4-6-19/h2-10,12-13,15H,11,14H2,1H3,(H,25,28). The van der Waals surface area contributed by atoms with Gasteiger partial charge in [0, 0.05) is 18.7 Å². The van der Waals surface area contributed by atoms with Gasteiger partial charge in [-0.15, -0.1) is 0 Å². The monoisotopic (exact) mass is 404 g/mol. The molecular formula is C22H20N4O4. The number of hydrogen-bond donors (Lipinski definition) is 1. The molecule has 0 aliphatic carbocycles. The van der Waals surface area contributed by atoms with Gasteiger partial charge in [-0.1, -0.05) is 18.2 Å². The van der Waals surface area contributed by atoms with E-state index in [0.717, 1.165) is 5.69 Å².